The van der Waals surface area contributed by atoms with E-state index in [-0.39, 0.29) is 17.7 Å². The van der Waals surface area contributed by atoms with Gasteiger partial charge in [0.25, 0.3) is 0 Å². The minimum absolute atomic E-state index is 0.0868. The molecule has 0 saturated carbocycles. The normalized spacial score (nSPS) is 11.5. The molecule has 0 unspecified atom stereocenters. The van der Waals surface area contributed by atoms with Gasteiger partial charge in [-0.05, 0) is 53.6 Å². The Hall–Kier alpha value is -4.66. The van der Waals surface area contributed by atoms with Crippen molar-refractivity contribution in [2.24, 2.45) is 7.05 Å². The van der Waals surface area contributed by atoms with Crippen LogP contribution in [0.5, 0.6) is 5.75 Å². The number of fused-ring (bicyclic) bond motifs is 1. The molecule has 0 bridgehead atoms. The minimum Gasteiger partial charge on any atom is -0.497 e. The van der Waals surface area contributed by atoms with E-state index in [1.54, 1.807) is 11.8 Å². The second-order valence-electron chi connectivity index (χ2n) is 10.2. The number of rotatable bonds is 7. The van der Waals surface area contributed by atoms with E-state index in [1.165, 1.54) is 6.33 Å². The van der Waals surface area contributed by atoms with Crippen LogP contribution in [0.4, 0.5) is 17.3 Å². The van der Waals surface area contributed by atoms with Crippen molar-refractivity contribution in [2.75, 3.05) is 17.7 Å². The molecule has 194 valence electrons. The average Bonchev–Trinajstić information content (AvgIpc) is 3.50. The molecule has 0 saturated heterocycles. The zero-order chi connectivity index (χ0) is 26.9. The maximum absolute atomic E-state index is 12.7. The summed E-state index contributed by atoms with van der Waals surface area (Å²) >= 11 is 0. The van der Waals surface area contributed by atoms with Gasteiger partial charge < -0.3 is 20.4 Å². The lowest BCUT2D eigenvalue weighted by molar-refractivity contribution is -0.115. The molecule has 0 aliphatic heterocycles. The standard InChI is InChI=1S/C29H31N7O2/c1-29(2,3)24-16-25(36(4)35-24)34-26(37)14-18-6-10-20(11-7-18)32-27-22-15-23(33-28(22)31-17-30-27)19-8-12-21(38-5)13-9-19/h6-13,15-17H,14H2,1-5H3,(H,34,37)(H2,30,31,32,33). The number of H-pyrrole nitrogens is 1. The molecule has 3 aromatic heterocycles. The first-order valence-corrected chi connectivity index (χ1v) is 12.4. The molecule has 9 heteroatoms. The monoisotopic (exact) mass is 509 g/mol. The van der Waals surface area contributed by atoms with Crippen LogP contribution in [0.25, 0.3) is 22.3 Å². The van der Waals surface area contributed by atoms with Gasteiger partial charge in [0.1, 0.15) is 29.4 Å². The van der Waals surface area contributed by atoms with Crippen LogP contribution in [0.15, 0.2) is 67.0 Å². The topological polar surface area (TPSA) is 110 Å². The molecule has 0 spiro atoms. The number of aromatic nitrogens is 5. The molecule has 0 fully saturated rings. The van der Waals surface area contributed by atoms with Crippen LogP contribution >= 0.6 is 0 Å². The van der Waals surface area contributed by atoms with Crippen LogP contribution in [-0.2, 0) is 23.7 Å². The van der Waals surface area contributed by atoms with Crippen LogP contribution in [0.1, 0.15) is 32.0 Å². The first-order chi connectivity index (χ1) is 18.2. The van der Waals surface area contributed by atoms with Crippen LogP contribution in [0.2, 0.25) is 0 Å². The number of hydrogen-bond donors (Lipinski definition) is 3. The SMILES string of the molecule is COc1ccc(-c2cc3c(Nc4ccc(CC(=O)Nc5cc(C(C)(C)C)nn5C)cc4)ncnc3[nH]2)cc1. The lowest BCUT2D eigenvalue weighted by atomic mass is 9.92. The van der Waals surface area contributed by atoms with Gasteiger partial charge >= 0.3 is 0 Å². The van der Waals surface area contributed by atoms with Crippen LogP contribution in [-0.4, -0.2) is 37.7 Å². The fourth-order valence-corrected chi connectivity index (χ4v) is 4.13. The third kappa shape index (κ3) is 5.36. The number of hydrogen-bond acceptors (Lipinski definition) is 6. The highest BCUT2D eigenvalue weighted by atomic mass is 16.5. The summed E-state index contributed by atoms with van der Waals surface area (Å²) in [6, 6.07) is 19.5. The molecule has 0 aliphatic carbocycles. The second kappa shape index (κ2) is 10.0. The summed E-state index contributed by atoms with van der Waals surface area (Å²) in [4.78, 5) is 24.9. The lowest BCUT2D eigenvalue weighted by Gasteiger charge is -2.13. The fraction of sp³-hybridized carbons (Fsp3) is 0.241. The Labute approximate surface area is 221 Å². The van der Waals surface area contributed by atoms with Gasteiger partial charge in [-0.1, -0.05) is 32.9 Å². The Morgan fingerprint density at radius 3 is 2.42 bits per heavy atom. The van der Waals surface area contributed by atoms with Crippen LogP contribution in [0, 0.1) is 0 Å². The molecule has 3 heterocycles. The van der Waals surface area contributed by atoms with Gasteiger partial charge in [0.2, 0.25) is 5.91 Å². The van der Waals surface area contributed by atoms with Crippen molar-refractivity contribution in [3.05, 3.63) is 78.2 Å². The third-order valence-electron chi connectivity index (χ3n) is 6.32. The van der Waals surface area contributed by atoms with Crippen molar-refractivity contribution in [3.8, 4) is 17.0 Å². The summed E-state index contributed by atoms with van der Waals surface area (Å²) in [5.74, 6) is 2.10. The van der Waals surface area contributed by atoms with Gasteiger partial charge in [-0.15, -0.1) is 0 Å². The molecule has 9 nitrogen and oxygen atoms in total. The Balaban J connectivity index is 1.27. The first-order valence-electron chi connectivity index (χ1n) is 12.4. The Morgan fingerprint density at radius 2 is 1.76 bits per heavy atom. The predicted molar refractivity (Wildman–Crippen MR) is 150 cm³/mol. The summed E-state index contributed by atoms with van der Waals surface area (Å²) in [6.45, 7) is 6.29. The number of methoxy groups -OCH3 is 1. The number of carbonyl (C=O) groups is 1. The number of amides is 1. The highest BCUT2D eigenvalue weighted by Gasteiger charge is 2.19. The van der Waals surface area contributed by atoms with E-state index < -0.39 is 0 Å². The smallest absolute Gasteiger partial charge is 0.229 e. The maximum Gasteiger partial charge on any atom is 0.229 e. The number of carbonyl (C=O) groups excluding carboxylic acids is 1. The molecule has 0 radical (unpaired) electrons. The summed E-state index contributed by atoms with van der Waals surface area (Å²) in [7, 11) is 3.48. The van der Waals surface area contributed by atoms with Gasteiger partial charge in [-0.3, -0.25) is 9.48 Å². The number of nitrogens with zero attached hydrogens (tertiary/aromatic N) is 4. The van der Waals surface area contributed by atoms with Crippen LogP contribution in [0.3, 0.4) is 0 Å². The van der Waals surface area contributed by atoms with Crippen LogP contribution < -0.4 is 15.4 Å². The number of ether oxygens (including phenoxy) is 1. The molecule has 3 N–H and O–H groups in total. The summed E-state index contributed by atoms with van der Waals surface area (Å²) in [5.41, 5.74) is 5.32. The van der Waals surface area contributed by atoms with E-state index in [9.17, 15) is 4.79 Å². The van der Waals surface area contributed by atoms with E-state index >= 15 is 0 Å². The Morgan fingerprint density at radius 1 is 1.03 bits per heavy atom. The van der Waals surface area contributed by atoms with Gasteiger partial charge in [0.05, 0.1) is 24.6 Å². The Kier molecular flexibility index (Phi) is 6.59. The molecule has 1 amide bonds. The number of aromatic amines is 1. The third-order valence-corrected chi connectivity index (χ3v) is 6.32. The van der Waals surface area contributed by atoms with Crippen molar-refractivity contribution < 1.29 is 9.53 Å². The van der Waals surface area contributed by atoms with Gasteiger partial charge in [-0.2, -0.15) is 5.10 Å². The fourth-order valence-electron chi connectivity index (χ4n) is 4.13. The number of aryl methyl sites for hydroxylation is 1. The maximum atomic E-state index is 12.7. The average molecular weight is 510 g/mol. The number of nitrogens with one attached hydrogen (secondary N) is 3. The predicted octanol–water partition coefficient (Wildman–Crippen LogP) is 5.59. The quantitative estimate of drug-likeness (QED) is 0.264. The Bertz CT molecular complexity index is 1580. The van der Waals surface area contributed by atoms with Gasteiger partial charge in [-0.25, -0.2) is 9.97 Å². The largest absolute Gasteiger partial charge is 0.497 e. The van der Waals surface area contributed by atoms with E-state index in [4.69, 9.17) is 4.74 Å². The lowest BCUT2D eigenvalue weighted by Crippen LogP contribution is -2.16. The van der Waals surface area contributed by atoms with Gasteiger partial charge in [0.15, 0.2) is 0 Å². The number of benzene rings is 2. The highest BCUT2D eigenvalue weighted by molar-refractivity contribution is 5.93. The van der Waals surface area contributed by atoms with Crippen molar-refractivity contribution in [3.63, 3.8) is 0 Å². The zero-order valence-electron chi connectivity index (χ0n) is 22.2. The van der Waals surface area contributed by atoms with Crippen molar-refractivity contribution >= 4 is 34.3 Å². The van der Waals surface area contributed by atoms with Crippen molar-refractivity contribution in [2.45, 2.75) is 32.6 Å². The minimum atomic E-state index is -0.0925. The second-order valence-corrected chi connectivity index (χ2v) is 10.2. The van der Waals surface area contributed by atoms with E-state index in [0.29, 0.717) is 11.6 Å². The van der Waals surface area contributed by atoms with Gasteiger partial charge in [0, 0.05) is 29.9 Å². The molecule has 0 atom stereocenters. The molecule has 0 aliphatic rings. The van der Waals surface area contributed by atoms with Crippen molar-refractivity contribution in [1.82, 2.24) is 24.7 Å². The molecular weight excluding hydrogens is 478 g/mol. The summed E-state index contributed by atoms with van der Waals surface area (Å²) < 4.78 is 6.96. The zero-order valence-corrected chi connectivity index (χ0v) is 22.2. The summed E-state index contributed by atoms with van der Waals surface area (Å²) in [6.07, 6.45) is 1.79. The highest BCUT2D eigenvalue weighted by Crippen LogP contribution is 2.29. The molecule has 5 rings (SSSR count). The first kappa shape index (κ1) is 25.0. The van der Waals surface area contributed by atoms with E-state index in [1.807, 2.05) is 67.7 Å². The molecule has 2 aromatic carbocycles. The molecule has 38 heavy (non-hydrogen) atoms. The van der Waals surface area contributed by atoms with E-state index in [2.05, 4.69) is 51.5 Å². The van der Waals surface area contributed by atoms with E-state index in [0.717, 1.165) is 45.0 Å². The molecule has 5 aromatic rings. The number of anilines is 3. The summed E-state index contributed by atoms with van der Waals surface area (Å²) in [5, 5.41) is 11.7. The molecular formula is C29H31N7O2. The van der Waals surface area contributed by atoms with Crippen molar-refractivity contribution in [1.29, 1.82) is 0 Å².